The molecule has 0 aliphatic rings. The van der Waals surface area contributed by atoms with E-state index in [1.165, 1.54) is 12.1 Å². The highest BCUT2D eigenvalue weighted by molar-refractivity contribution is 5.40. The Morgan fingerprint density at radius 1 is 0.846 bits per heavy atom. The van der Waals surface area contributed by atoms with Crippen LogP contribution in [0, 0.1) is 6.92 Å². The highest BCUT2D eigenvalue weighted by Crippen LogP contribution is 2.37. The molecule has 26 heavy (non-hydrogen) atoms. The Bertz CT molecular complexity index is 870. The maximum atomic E-state index is 13.2. The van der Waals surface area contributed by atoms with Gasteiger partial charge >= 0.3 is 6.18 Å². The van der Waals surface area contributed by atoms with Gasteiger partial charge in [-0.3, -0.25) is 4.98 Å². The predicted octanol–water partition coefficient (Wildman–Crippen LogP) is 5.96. The van der Waals surface area contributed by atoms with E-state index in [1.54, 1.807) is 12.3 Å². The summed E-state index contributed by atoms with van der Waals surface area (Å²) < 4.78 is 39.7. The first-order chi connectivity index (χ1) is 12.3. The van der Waals surface area contributed by atoms with E-state index in [2.05, 4.69) is 4.98 Å². The molecule has 134 valence electrons. The van der Waals surface area contributed by atoms with Crippen LogP contribution < -0.4 is 0 Å². The molecule has 0 amide bonds. The van der Waals surface area contributed by atoms with Gasteiger partial charge in [0.15, 0.2) is 0 Å². The van der Waals surface area contributed by atoms with Gasteiger partial charge in [-0.15, -0.1) is 0 Å². The van der Waals surface area contributed by atoms with E-state index in [9.17, 15) is 13.2 Å². The van der Waals surface area contributed by atoms with Gasteiger partial charge in [-0.25, -0.2) is 0 Å². The number of nitrogens with zero attached hydrogens (tertiary/aromatic N) is 1. The van der Waals surface area contributed by atoms with Crippen LogP contribution in [-0.4, -0.2) is 4.98 Å². The van der Waals surface area contributed by atoms with Gasteiger partial charge in [0, 0.05) is 11.6 Å². The van der Waals surface area contributed by atoms with Crippen LogP contribution >= 0.6 is 0 Å². The van der Waals surface area contributed by atoms with E-state index in [0.717, 1.165) is 22.9 Å². The van der Waals surface area contributed by atoms with Crippen molar-refractivity contribution in [1.82, 2.24) is 4.98 Å². The van der Waals surface area contributed by atoms with E-state index in [-0.39, 0.29) is 0 Å². The number of hydrogen-bond acceptors (Lipinski definition) is 1. The van der Waals surface area contributed by atoms with Gasteiger partial charge in [-0.2, -0.15) is 13.2 Å². The van der Waals surface area contributed by atoms with E-state index in [0.29, 0.717) is 12.0 Å². The fourth-order valence-electron chi connectivity index (χ4n) is 3.18. The third-order valence-electron chi connectivity index (χ3n) is 4.70. The van der Waals surface area contributed by atoms with Crippen molar-refractivity contribution in [3.05, 3.63) is 101 Å². The van der Waals surface area contributed by atoms with Gasteiger partial charge in [-0.1, -0.05) is 54.6 Å². The molecule has 0 N–H and O–H groups in total. The molecule has 0 saturated carbocycles. The van der Waals surface area contributed by atoms with E-state index in [4.69, 9.17) is 0 Å². The summed E-state index contributed by atoms with van der Waals surface area (Å²) in [6.07, 6.45) is -2.05. The first-order valence-electron chi connectivity index (χ1n) is 8.44. The van der Waals surface area contributed by atoms with Crippen molar-refractivity contribution in [2.45, 2.75) is 31.9 Å². The van der Waals surface area contributed by atoms with Crippen LogP contribution in [0.25, 0.3) is 0 Å². The lowest BCUT2D eigenvalue weighted by molar-refractivity contribution is -0.137. The summed E-state index contributed by atoms with van der Waals surface area (Å²) in [5.41, 5.74) is 2.12. The minimum absolute atomic E-state index is 0.561. The van der Waals surface area contributed by atoms with Gasteiger partial charge in [0.05, 0.1) is 11.3 Å². The number of benzene rings is 2. The summed E-state index contributed by atoms with van der Waals surface area (Å²) in [7, 11) is 0. The average Bonchev–Trinajstić information content (AvgIpc) is 2.62. The van der Waals surface area contributed by atoms with Crippen molar-refractivity contribution in [3.63, 3.8) is 0 Å². The number of alkyl halides is 3. The molecule has 0 fully saturated rings. The zero-order valence-electron chi connectivity index (χ0n) is 14.7. The maximum absolute atomic E-state index is 13.2. The van der Waals surface area contributed by atoms with Gasteiger partial charge in [0.2, 0.25) is 0 Å². The summed E-state index contributed by atoms with van der Waals surface area (Å²) in [5.74, 6) is 0. The SMILES string of the molecule is Cc1ccc(C(C)(Cc2ccccc2)c2cccc(C(F)(F)F)c2)nc1. The second-order valence-electron chi connectivity index (χ2n) is 6.79. The van der Waals surface area contributed by atoms with Gasteiger partial charge in [0.25, 0.3) is 0 Å². The van der Waals surface area contributed by atoms with Crippen molar-refractivity contribution in [1.29, 1.82) is 0 Å². The Hall–Kier alpha value is -2.62. The Kier molecular flexibility index (Phi) is 4.86. The van der Waals surface area contributed by atoms with E-state index < -0.39 is 17.2 Å². The highest BCUT2D eigenvalue weighted by Gasteiger charge is 2.35. The summed E-state index contributed by atoms with van der Waals surface area (Å²) >= 11 is 0. The van der Waals surface area contributed by atoms with Crippen LogP contribution in [0.5, 0.6) is 0 Å². The van der Waals surface area contributed by atoms with Crippen LogP contribution in [0.2, 0.25) is 0 Å². The number of hydrogen-bond donors (Lipinski definition) is 0. The summed E-state index contributed by atoms with van der Waals surface area (Å²) in [4.78, 5) is 4.53. The zero-order chi connectivity index (χ0) is 18.8. The molecular weight excluding hydrogens is 335 g/mol. The normalized spacial score (nSPS) is 14.0. The number of pyridine rings is 1. The molecule has 0 spiro atoms. The smallest absolute Gasteiger partial charge is 0.260 e. The third kappa shape index (κ3) is 3.79. The van der Waals surface area contributed by atoms with Gasteiger partial charge < -0.3 is 0 Å². The molecule has 4 heteroatoms. The topological polar surface area (TPSA) is 12.9 Å². The molecular formula is C22H20F3N. The lowest BCUT2D eigenvalue weighted by Crippen LogP contribution is -2.28. The van der Waals surface area contributed by atoms with E-state index in [1.807, 2.05) is 56.3 Å². The monoisotopic (exact) mass is 355 g/mol. The number of aromatic nitrogens is 1. The Labute approximate surface area is 151 Å². The molecule has 3 rings (SSSR count). The first kappa shape index (κ1) is 18.2. The number of aryl methyl sites for hydroxylation is 1. The molecule has 0 saturated heterocycles. The maximum Gasteiger partial charge on any atom is 0.416 e. The fraction of sp³-hybridized carbons (Fsp3) is 0.227. The minimum Gasteiger partial charge on any atom is -0.260 e. The molecule has 0 aliphatic heterocycles. The van der Waals surface area contributed by atoms with Crippen molar-refractivity contribution in [2.75, 3.05) is 0 Å². The highest BCUT2D eigenvalue weighted by atomic mass is 19.4. The quantitative estimate of drug-likeness (QED) is 0.563. The van der Waals surface area contributed by atoms with Crippen LogP contribution in [0.1, 0.15) is 34.9 Å². The summed E-state index contributed by atoms with van der Waals surface area (Å²) in [6.45, 7) is 3.89. The Balaban J connectivity index is 2.13. The molecule has 0 aliphatic carbocycles. The molecule has 1 atom stereocenters. The van der Waals surface area contributed by atoms with Gasteiger partial charge in [0.1, 0.15) is 0 Å². The summed E-state index contributed by atoms with van der Waals surface area (Å²) in [5, 5.41) is 0. The lowest BCUT2D eigenvalue weighted by Gasteiger charge is -2.31. The standard InChI is InChI=1S/C22H20F3N/c1-16-11-12-20(26-15-16)21(2,14-17-7-4-3-5-8-17)18-9-6-10-19(13-18)22(23,24)25/h3-13,15H,14H2,1-2H3. The second-order valence-corrected chi connectivity index (χ2v) is 6.79. The largest absolute Gasteiger partial charge is 0.416 e. The Morgan fingerprint density at radius 3 is 2.15 bits per heavy atom. The average molecular weight is 355 g/mol. The summed E-state index contributed by atoms with van der Waals surface area (Å²) in [6, 6.07) is 19.2. The van der Waals surface area contributed by atoms with E-state index >= 15 is 0 Å². The van der Waals surface area contributed by atoms with Crippen molar-refractivity contribution in [3.8, 4) is 0 Å². The number of halogens is 3. The minimum atomic E-state index is -4.37. The van der Waals surface area contributed by atoms with Crippen LogP contribution in [0.3, 0.4) is 0 Å². The second kappa shape index (κ2) is 6.94. The molecule has 0 bridgehead atoms. The molecule has 2 aromatic carbocycles. The van der Waals surface area contributed by atoms with Crippen molar-refractivity contribution >= 4 is 0 Å². The predicted molar refractivity (Wildman–Crippen MR) is 97.0 cm³/mol. The molecule has 1 unspecified atom stereocenters. The molecule has 1 nitrogen and oxygen atoms in total. The first-order valence-corrected chi connectivity index (χ1v) is 8.44. The third-order valence-corrected chi connectivity index (χ3v) is 4.70. The lowest BCUT2D eigenvalue weighted by atomic mass is 9.74. The molecule has 1 heterocycles. The molecule has 3 aromatic rings. The number of rotatable bonds is 4. The van der Waals surface area contributed by atoms with Crippen molar-refractivity contribution < 1.29 is 13.2 Å². The van der Waals surface area contributed by atoms with Crippen LogP contribution in [0.4, 0.5) is 13.2 Å². The van der Waals surface area contributed by atoms with Crippen molar-refractivity contribution in [2.24, 2.45) is 0 Å². The van der Waals surface area contributed by atoms with Crippen LogP contribution in [-0.2, 0) is 18.0 Å². The Morgan fingerprint density at radius 2 is 1.54 bits per heavy atom. The fourth-order valence-corrected chi connectivity index (χ4v) is 3.18. The zero-order valence-corrected chi connectivity index (χ0v) is 14.7. The van der Waals surface area contributed by atoms with Gasteiger partial charge in [-0.05, 0) is 49.1 Å². The molecule has 1 aromatic heterocycles. The molecule has 0 radical (unpaired) electrons. The van der Waals surface area contributed by atoms with Crippen LogP contribution in [0.15, 0.2) is 72.9 Å².